The van der Waals surface area contributed by atoms with Crippen LogP contribution in [-0.2, 0) is 0 Å². The second-order valence-electron chi connectivity index (χ2n) is 19.5. The van der Waals surface area contributed by atoms with Crippen LogP contribution < -0.4 is 16.0 Å². The molecule has 6 nitrogen and oxygen atoms in total. The maximum absolute atomic E-state index is 4.65. The highest BCUT2D eigenvalue weighted by Gasteiger charge is 2.66. The summed E-state index contributed by atoms with van der Waals surface area (Å²) in [7, 11) is 0. The van der Waals surface area contributed by atoms with Crippen molar-refractivity contribution in [2.45, 2.75) is 170 Å². The lowest BCUT2D eigenvalue weighted by Gasteiger charge is -2.72. The van der Waals surface area contributed by atoms with E-state index in [2.05, 4.69) is 30.7 Å². The minimum absolute atomic E-state index is 0.448. The van der Waals surface area contributed by atoms with Crippen LogP contribution in [0, 0.1) is 40.4 Å². The maximum atomic E-state index is 4.65. The van der Waals surface area contributed by atoms with E-state index in [1.165, 1.54) is 148 Å². The van der Waals surface area contributed by atoms with Gasteiger partial charge in [-0.25, -0.2) is 0 Å². The molecule has 46 heavy (non-hydrogen) atoms. The summed E-state index contributed by atoms with van der Waals surface area (Å²) in [4.78, 5) is 9.26. The summed E-state index contributed by atoms with van der Waals surface area (Å²) in [6.07, 6.45) is 28.7. The Labute approximate surface area is 280 Å². The van der Waals surface area contributed by atoms with E-state index in [0.717, 1.165) is 59.8 Å². The van der Waals surface area contributed by atoms with Gasteiger partial charge < -0.3 is 10.6 Å². The van der Waals surface area contributed by atoms with E-state index in [1.807, 2.05) is 0 Å². The third-order valence-electron chi connectivity index (χ3n) is 17.7. The van der Waals surface area contributed by atoms with Crippen LogP contribution in [0.5, 0.6) is 0 Å². The number of hydrogen-bond acceptors (Lipinski definition) is 6. The zero-order valence-electron chi connectivity index (χ0n) is 29.0. The number of rotatable bonds is 2. The predicted molar refractivity (Wildman–Crippen MR) is 184 cm³/mol. The van der Waals surface area contributed by atoms with E-state index in [9.17, 15) is 0 Å². The molecule has 0 aromatic carbocycles. The average Bonchev–Trinajstić information content (AvgIpc) is 3.11. The molecule has 1 spiro atoms. The molecule has 2 aliphatic carbocycles. The lowest BCUT2D eigenvalue weighted by Crippen LogP contribution is -2.82. The first-order chi connectivity index (χ1) is 22.7. The Bertz CT molecular complexity index is 1160. The summed E-state index contributed by atoms with van der Waals surface area (Å²) >= 11 is 0. The van der Waals surface area contributed by atoms with Crippen LogP contribution in [0.25, 0.3) is 0 Å². The van der Waals surface area contributed by atoms with Crippen molar-refractivity contribution < 1.29 is 0 Å². The largest absolute Gasteiger partial charge is 0.313 e. The quantitative estimate of drug-likeness (QED) is 0.391. The van der Waals surface area contributed by atoms with Gasteiger partial charge in [0.2, 0.25) is 0 Å². The third-order valence-corrected chi connectivity index (χ3v) is 17.7. The summed E-state index contributed by atoms with van der Waals surface area (Å²) in [5.41, 5.74) is 0.972. The van der Waals surface area contributed by atoms with Crippen LogP contribution in [-0.4, -0.2) is 102 Å². The van der Waals surface area contributed by atoms with E-state index in [1.54, 1.807) is 12.8 Å². The highest BCUT2D eigenvalue weighted by molar-refractivity contribution is 5.20. The van der Waals surface area contributed by atoms with E-state index in [4.69, 9.17) is 0 Å². The summed E-state index contributed by atoms with van der Waals surface area (Å²) in [5, 5.41) is 13.5. The smallest absolute Gasteiger partial charge is 0.0646 e. The number of fused-ring (bicyclic) bond motifs is 12. The van der Waals surface area contributed by atoms with Gasteiger partial charge in [0, 0.05) is 72.1 Å². The van der Waals surface area contributed by atoms with Crippen LogP contribution in [0.1, 0.15) is 122 Å². The molecular weight excluding hydrogens is 564 g/mol. The van der Waals surface area contributed by atoms with Crippen molar-refractivity contribution in [3.8, 4) is 0 Å². The second kappa shape index (κ2) is 11.1. The molecule has 9 heterocycles. The summed E-state index contributed by atoms with van der Waals surface area (Å²) in [6, 6.07) is 5.62. The summed E-state index contributed by atoms with van der Waals surface area (Å²) < 4.78 is 0. The van der Waals surface area contributed by atoms with Gasteiger partial charge in [-0.1, -0.05) is 19.3 Å². The molecule has 0 aromatic heterocycles. The molecule has 11 rings (SSSR count). The van der Waals surface area contributed by atoms with Gasteiger partial charge in [-0.15, -0.1) is 0 Å². The molecule has 9 saturated heterocycles. The van der Waals surface area contributed by atoms with Gasteiger partial charge in [0.05, 0.1) is 6.17 Å². The molecule has 11 aliphatic rings. The molecule has 2 unspecified atom stereocenters. The zero-order chi connectivity index (χ0) is 30.0. The zero-order valence-corrected chi connectivity index (χ0v) is 29.0. The van der Waals surface area contributed by atoms with Gasteiger partial charge >= 0.3 is 0 Å². The number of piperidine rings is 8. The minimum atomic E-state index is 0.448. The SMILES string of the molecule is C1CN[C@@H]2[C@@H](C1)C[C@@H]1C[C@]2([C@H]2CCCC(C3CC[C@H]4N[C@@H]3N3CCC[C@H]5C[C@@H]6C[C@]4(CN4CCCC[C@H]64)[C@@H]53)N2)CN2CCCC[C@H]12. The average molecular weight is 631 g/mol. The molecule has 6 bridgehead atoms. The standard InChI is InChI=1S/C40H66N6/c1-3-17-44-24-39(22-28(32(44)11-1)20-26-8-6-16-41-36(26)39)34-13-5-10-31(42-34)30-14-15-35-40-23-29(33-12-2-4-18-45(33)25-40)21-27-9-7-19-46(37(27)40)38(30)43-35/h26-38,41-43H,1-25H2/t26-,27-,28+,29+,30?,31?,32+,33+,34+,35+,36+,37+,38+,39+,40+/m0/s1. The second-order valence-corrected chi connectivity index (χ2v) is 19.5. The Kier molecular flexibility index (Phi) is 7.13. The van der Waals surface area contributed by atoms with E-state index in [-0.39, 0.29) is 0 Å². The van der Waals surface area contributed by atoms with Gasteiger partial charge in [0.1, 0.15) is 0 Å². The van der Waals surface area contributed by atoms with Gasteiger partial charge in [0.15, 0.2) is 0 Å². The van der Waals surface area contributed by atoms with Gasteiger partial charge in [-0.3, -0.25) is 20.0 Å². The first-order valence-corrected chi connectivity index (χ1v) is 21.2. The summed E-state index contributed by atoms with van der Waals surface area (Å²) in [5.74, 6) is 4.64. The molecule has 0 radical (unpaired) electrons. The Hall–Kier alpha value is -0.240. The van der Waals surface area contributed by atoms with Crippen molar-refractivity contribution in [3.63, 3.8) is 0 Å². The number of hydrogen-bond donors (Lipinski definition) is 3. The lowest BCUT2D eigenvalue weighted by atomic mass is 9.50. The molecule has 0 aromatic rings. The Morgan fingerprint density at radius 3 is 2.13 bits per heavy atom. The molecule has 3 N–H and O–H groups in total. The molecule has 15 atom stereocenters. The van der Waals surface area contributed by atoms with E-state index >= 15 is 0 Å². The molecular formula is C40H66N6. The highest BCUT2D eigenvalue weighted by atomic mass is 15.4. The molecule has 256 valence electrons. The number of nitrogens with one attached hydrogen (secondary N) is 3. The first-order valence-electron chi connectivity index (χ1n) is 21.2. The van der Waals surface area contributed by atoms with Crippen molar-refractivity contribution in [2.75, 3.05) is 39.3 Å². The monoisotopic (exact) mass is 631 g/mol. The summed E-state index contributed by atoms with van der Waals surface area (Å²) in [6.45, 7) is 8.21. The Morgan fingerprint density at radius 1 is 0.543 bits per heavy atom. The van der Waals surface area contributed by atoms with Crippen molar-refractivity contribution in [3.05, 3.63) is 0 Å². The van der Waals surface area contributed by atoms with Crippen molar-refractivity contribution in [1.29, 1.82) is 0 Å². The third kappa shape index (κ3) is 4.22. The topological polar surface area (TPSA) is 45.8 Å². The molecule has 6 heteroatoms. The first kappa shape index (κ1) is 29.5. The van der Waals surface area contributed by atoms with Gasteiger partial charge in [-0.05, 0) is 153 Å². The fourth-order valence-electron chi connectivity index (χ4n) is 16.5. The molecule has 0 amide bonds. The predicted octanol–water partition coefficient (Wildman–Crippen LogP) is 5.18. The van der Waals surface area contributed by atoms with Gasteiger partial charge in [0.25, 0.3) is 0 Å². The molecule has 2 saturated carbocycles. The Morgan fingerprint density at radius 2 is 1.28 bits per heavy atom. The van der Waals surface area contributed by atoms with E-state index < -0.39 is 0 Å². The van der Waals surface area contributed by atoms with Gasteiger partial charge in [-0.2, -0.15) is 0 Å². The normalized spacial score (nSPS) is 57.0. The molecule has 11 fully saturated rings. The lowest BCUT2D eigenvalue weighted by molar-refractivity contribution is -0.211. The number of nitrogens with zero attached hydrogens (tertiary/aromatic N) is 3. The Balaban J connectivity index is 0.883. The van der Waals surface area contributed by atoms with Crippen molar-refractivity contribution in [2.24, 2.45) is 40.4 Å². The van der Waals surface area contributed by atoms with Crippen LogP contribution in [0.4, 0.5) is 0 Å². The minimum Gasteiger partial charge on any atom is -0.313 e. The van der Waals surface area contributed by atoms with Crippen LogP contribution in [0.15, 0.2) is 0 Å². The fourth-order valence-corrected chi connectivity index (χ4v) is 16.5. The fraction of sp³-hybridized carbons (Fsp3) is 1.00. The van der Waals surface area contributed by atoms with Crippen molar-refractivity contribution >= 4 is 0 Å². The van der Waals surface area contributed by atoms with Crippen LogP contribution in [0.3, 0.4) is 0 Å². The van der Waals surface area contributed by atoms with Crippen molar-refractivity contribution in [1.82, 2.24) is 30.7 Å². The van der Waals surface area contributed by atoms with Crippen LogP contribution >= 0.6 is 0 Å². The highest BCUT2D eigenvalue weighted by Crippen LogP contribution is 2.61. The molecule has 9 aliphatic heterocycles. The maximum Gasteiger partial charge on any atom is 0.0646 e. The van der Waals surface area contributed by atoms with E-state index in [0.29, 0.717) is 29.1 Å². The van der Waals surface area contributed by atoms with Crippen LogP contribution in [0.2, 0.25) is 0 Å².